The second-order valence-electron chi connectivity index (χ2n) is 4.39. The molecule has 0 fully saturated rings. The standard InChI is InChI=1S/C14H14FN3O2S/c1-8-9(2)21-14(17-8)18-13(20)12(19)16-7-10-5-3-4-6-11(10)15/h3-6H,7H2,1-2H3,(H,16,19)(H,17,18,20). The monoisotopic (exact) mass is 307 g/mol. The van der Waals surface area contributed by atoms with Crippen LogP contribution in [0.15, 0.2) is 24.3 Å². The Labute approximate surface area is 125 Å². The van der Waals surface area contributed by atoms with Crippen LogP contribution in [0.4, 0.5) is 9.52 Å². The maximum atomic E-state index is 13.4. The third kappa shape index (κ3) is 3.85. The van der Waals surface area contributed by atoms with Gasteiger partial charge in [0, 0.05) is 17.0 Å². The molecule has 0 radical (unpaired) electrons. The van der Waals surface area contributed by atoms with Crippen LogP contribution in [0.25, 0.3) is 0 Å². The van der Waals surface area contributed by atoms with Crippen molar-refractivity contribution >= 4 is 28.3 Å². The van der Waals surface area contributed by atoms with E-state index in [-0.39, 0.29) is 6.54 Å². The number of aryl methyl sites for hydroxylation is 2. The summed E-state index contributed by atoms with van der Waals surface area (Å²) in [4.78, 5) is 28.4. The molecular formula is C14H14FN3O2S. The zero-order valence-corrected chi connectivity index (χ0v) is 12.4. The first kappa shape index (κ1) is 15.1. The third-order valence-electron chi connectivity index (χ3n) is 2.85. The van der Waals surface area contributed by atoms with Crippen molar-refractivity contribution in [3.63, 3.8) is 0 Å². The van der Waals surface area contributed by atoms with Crippen molar-refractivity contribution in [2.45, 2.75) is 20.4 Å². The van der Waals surface area contributed by atoms with E-state index in [0.717, 1.165) is 10.6 Å². The number of halogens is 1. The van der Waals surface area contributed by atoms with Gasteiger partial charge in [-0.2, -0.15) is 0 Å². The first-order valence-electron chi connectivity index (χ1n) is 6.24. The van der Waals surface area contributed by atoms with E-state index in [0.29, 0.717) is 10.7 Å². The van der Waals surface area contributed by atoms with Crippen molar-refractivity contribution in [1.82, 2.24) is 10.3 Å². The van der Waals surface area contributed by atoms with Crippen molar-refractivity contribution < 1.29 is 14.0 Å². The molecule has 2 aromatic rings. The van der Waals surface area contributed by atoms with Crippen LogP contribution in [0.2, 0.25) is 0 Å². The Bertz CT molecular complexity index is 665. The van der Waals surface area contributed by atoms with Crippen LogP contribution in [0.1, 0.15) is 16.1 Å². The molecule has 1 aromatic heterocycles. The number of amides is 2. The molecule has 0 aliphatic rings. The minimum Gasteiger partial charge on any atom is -0.344 e. The number of hydrogen-bond acceptors (Lipinski definition) is 4. The molecule has 7 heteroatoms. The van der Waals surface area contributed by atoms with Crippen molar-refractivity contribution in [3.8, 4) is 0 Å². The van der Waals surface area contributed by atoms with Crippen LogP contribution in [-0.2, 0) is 16.1 Å². The Hall–Kier alpha value is -2.28. The van der Waals surface area contributed by atoms with Gasteiger partial charge < -0.3 is 5.32 Å². The van der Waals surface area contributed by atoms with Gasteiger partial charge in [0.2, 0.25) is 0 Å². The first-order valence-corrected chi connectivity index (χ1v) is 7.05. The summed E-state index contributed by atoms with van der Waals surface area (Å²) in [6, 6.07) is 6.05. The van der Waals surface area contributed by atoms with Crippen LogP contribution < -0.4 is 10.6 Å². The van der Waals surface area contributed by atoms with Gasteiger partial charge in [0.1, 0.15) is 5.82 Å². The van der Waals surface area contributed by atoms with Crippen LogP contribution in [0.3, 0.4) is 0 Å². The molecule has 0 atom stereocenters. The molecule has 0 saturated carbocycles. The van der Waals surface area contributed by atoms with Crippen LogP contribution >= 0.6 is 11.3 Å². The zero-order chi connectivity index (χ0) is 15.4. The van der Waals surface area contributed by atoms with Gasteiger partial charge in [0.05, 0.1) is 5.69 Å². The van der Waals surface area contributed by atoms with E-state index < -0.39 is 17.6 Å². The highest BCUT2D eigenvalue weighted by atomic mass is 32.1. The van der Waals surface area contributed by atoms with Crippen molar-refractivity contribution in [2.75, 3.05) is 5.32 Å². The van der Waals surface area contributed by atoms with Gasteiger partial charge in [0.25, 0.3) is 0 Å². The normalized spacial score (nSPS) is 10.2. The summed E-state index contributed by atoms with van der Waals surface area (Å²) < 4.78 is 13.4. The van der Waals surface area contributed by atoms with E-state index >= 15 is 0 Å². The fourth-order valence-electron chi connectivity index (χ4n) is 1.58. The fourth-order valence-corrected chi connectivity index (χ4v) is 2.39. The maximum Gasteiger partial charge on any atom is 0.315 e. The second kappa shape index (κ2) is 6.45. The summed E-state index contributed by atoms with van der Waals surface area (Å²) in [7, 11) is 0. The molecule has 110 valence electrons. The van der Waals surface area contributed by atoms with Crippen molar-refractivity contribution in [1.29, 1.82) is 0 Å². The number of hydrogen-bond donors (Lipinski definition) is 2. The number of aromatic nitrogens is 1. The Morgan fingerprint density at radius 1 is 1.24 bits per heavy atom. The molecule has 0 bridgehead atoms. The summed E-state index contributed by atoms with van der Waals surface area (Å²) in [5.41, 5.74) is 1.13. The predicted molar refractivity (Wildman–Crippen MR) is 78.5 cm³/mol. The van der Waals surface area contributed by atoms with Crippen molar-refractivity contribution in [2.24, 2.45) is 0 Å². The van der Waals surface area contributed by atoms with E-state index in [1.165, 1.54) is 17.4 Å². The Kier molecular flexibility index (Phi) is 4.64. The SMILES string of the molecule is Cc1nc(NC(=O)C(=O)NCc2ccccc2F)sc1C. The minimum atomic E-state index is -0.830. The van der Waals surface area contributed by atoms with E-state index in [9.17, 15) is 14.0 Å². The van der Waals surface area contributed by atoms with Crippen molar-refractivity contribution in [3.05, 3.63) is 46.2 Å². The molecular weight excluding hydrogens is 293 g/mol. The number of nitrogens with zero attached hydrogens (tertiary/aromatic N) is 1. The number of benzene rings is 1. The van der Waals surface area contributed by atoms with Crippen LogP contribution in [0, 0.1) is 19.7 Å². The lowest BCUT2D eigenvalue weighted by atomic mass is 10.2. The van der Waals surface area contributed by atoms with Gasteiger partial charge in [-0.05, 0) is 19.9 Å². The summed E-state index contributed by atoms with van der Waals surface area (Å²) in [5, 5.41) is 5.16. The summed E-state index contributed by atoms with van der Waals surface area (Å²) >= 11 is 1.29. The Morgan fingerprint density at radius 3 is 2.57 bits per heavy atom. The average Bonchev–Trinajstić information content (AvgIpc) is 2.76. The summed E-state index contributed by atoms with van der Waals surface area (Å²) in [5.74, 6) is -2.08. The quantitative estimate of drug-likeness (QED) is 0.854. The summed E-state index contributed by atoms with van der Waals surface area (Å²) in [6.07, 6.45) is 0. The molecule has 0 aliphatic heterocycles. The molecule has 5 nitrogen and oxygen atoms in total. The lowest BCUT2D eigenvalue weighted by Crippen LogP contribution is -2.35. The zero-order valence-electron chi connectivity index (χ0n) is 11.6. The van der Waals surface area contributed by atoms with E-state index in [1.54, 1.807) is 18.2 Å². The van der Waals surface area contributed by atoms with Crippen LogP contribution in [0.5, 0.6) is 0 Å². The van der Waals surface area contributed by atoms with Crippen LogP contribution in [-0.4, -0.2) is 16.8 Å². The molecule has 21 heavy (non-hydrogen) atoms. The molecule has 0 aliphatic carbocycles. The molecule has 0 unspecified atom stereocenters. The molecule has 1 aromatic carbocycles. The highest BCUT2D eigenvalue weighted by molar-refractivity contribution is 7.15. The van der Waals surface area contributed by atoms with Gasteiger partial charge in [-0.15, -0.1) is 11.3 Å². The van der Waals surface area contributed by atoms with Gasteiger partial charge in [-0.25, -0.2) is 9.37 Å². The number of anilines is 1. The lowest BCUT2D eigenvalue weighted by molar-refractivity contribution is -0.136. The molecule has 2 amide bonds. The fraction of sp³-hybridized carbons (Fsp3) is 0.214. The largest absolute Gasteiger partial charge is 0.344 e. The van der Waals surface area contributed by atoms with Gasteiger partial charge in [0.15, 0.2) is 5.13 Å². The smallest absolute Gasteiger partial charge is 0.315 e. The van der Waals surface area contributed by atoms with E-state index in [2.05, 4.69) is 15.6 Å². The van der Waals surface area contributed by atoms with E-state index in [4.69, 9.17) is 0 Å². The molecule has 2 N–H and O–H groups in total. The molecule has 0 saturated heterocycles. The number of rotatable bonds is 3. The molecule has 0 spiro atoms. The maximum absolute atomic E-state index is 13.4. The second-order valence-corrected chi connectivity index (χ2v) is 5.59. The number of nitrogens with one attached hydrogen (secondary N) is 2. The highest BCUT2D eigenvalue weighted by Crippen LogP contribution is 2.20. The number of carbonyl (C=O) groups is 2. The first-order chi connectivity index (χ1) is 9.97. The Morgan fingerprint density at radius 2 is 1.95 bits per heavy atom. The summed E-state index contributed by atoms with van der Waals surface area (Å²) in [6.45, 7) is 3.65. The molecule has 2 rings (SSSR count). The molecule has 1 heterocycles. The predicted octanol–water partition coefficient (Wildman–Crippen LogP) is 2.15. The minimum absolute atomic E-state index is 0.0468. The topological polar surface area (TPSA) is 71.1 Å². The third-order valence-corrected chi connectivity index (χ3v) is 3.84. The van der Waals surface area contributed by atoms with Gasteiger partial charge in [-0.3, -0.25) is 14.9 Å². The lowest BCUT2D eigenvalue weighted by Gasteiger charge is -2.05. The highest BCUT2D eigenvalue weighted by Gasteiger charge is 2.16. The number of thiazole rings is 1. The Balaban J connectivity index is 1.91. The van der Waals surface area contributed by atoms with Gasteiger partial charge >= 0.3 is 11.8 Å². The van der Waals surface area contributed by atoms with E-state index in [1.807, 2.05) is 13.8 Å². The average molecular weight is 307 g/mol. The van der Waals surface area contributed by atoms with Gasteiger partial charge in [-0.1, -0.05) is 18.2 Å². The number of carbonyl (C=O) groups excluding carboxylic acids is 2.